The van der Waals surface area contributed by atoms with Crippen LogP contribution in [0.15, 0.2) is 12.4 Å². The fourth-order valence-corrected chi connectivity index (χ4v) is 2.02. The molecule has 0 unspecified atom stereocenters. The van der Waals surface area contributed by atoms with Crippen molar-refractivity contribution in [3.05, 3.63) is 18.2 Å². The van der Waals surface area contributed by atoms with Crippen molar-refractivity contribution in [2.24, 2.45) is 0 Å². The third-order valence-corrected chi connectivity index (χ3v) is 3.16. The predicted octanol–water partition coefficient (Wildman–Crippen LogP) is 2.47. The minimum absolute atomic E-state index is 0.559. The Morgan fingerprint density at radius 2 is 1.83 bits per heavy atom. The third-order valence-electron chi connectivity index (χ3n) is 3.16. The van der Waals surface area contributed by atoms with Gasteiger partial charge in [-0.05, 0) is 19.3 Å². The highest BCUT2D eigenvalue weighted by molar-refractivity contribution is 4.80. The van der Waals surface area contributed by atoms with Gasteiger partial charge in [0.15, 0.2) is 0 Å². The number of aromatic nitrogens is 2. The van der Waals surface area contributed by atoms with Crippen LogP contribution in [0.3, 0.4) is 0 Å². The molecule has 1 rings (SSSR count). The molecule has 0 fully saturated rings. The fourth-order valence-electron chi connectivity index (χ4n) is 2.02. The van der Waals surface area contributed by atoms with Crippen molar-refractivity contribution in [3.8, 4) is 12.1 Å². The van der Waals surface area contributed by atoms with E-state index in [4.69, 9.17) is 10.5 Å². The monoisotopic (exact) mass is 245 g/mol. The molecule has 0 radical (unpaired) electrons. The highest BCUT2D eigenvalue weighted by Crippen LogP contribution is 2.05. The zero-order valence-corrected chi connectivity index (χ0v) is 11.1. The highest BCUT2D eigenvalue weighted by Gasteiger charge is 2.10. The Hall–Kier alpha value is -1.81. The first-order chi connectivity index (χ1) is 8.79. The molecular weight excluding hydrogens is 224 g/mol. The van der Waals surface area contributed by atoms with E-state index in [2.05, 4.69) is 34.4 Å². The number of rotatable bonds is 8. The van der Waals surface area contributed by atoms with Gasteiger partial charge in [0, 0.05) is 13.3 Å². The summed E-state index contributed by atoms with van der Waals surface area (Å²) in [5.74, 6) is 1.21. The standard InChI is InChI=1S/C14H21N4/c1-14-17(10-6-4-2-3-5-8-15)12-13-18(14)11-7-9-16/h12-13H,2-7,10-11H2,1H3/q+1. The topological polar surface area (TPSA) is 56.4 Å². The molecule has 4 heteroatoms. The van der Waals surface area contributed by atoms with Gasteiger partial charge in [0.1, 0.15) is 18.9 Å². The molecule has 0 bridgehead atoms. The lowest BCUT2D eigenvalue weighted by Gasteiger charge is -2.00. The number of hydrogen-bond donors (Lipinski definition) is 0. The number of nitrogens with zero attached hydrogens (tertiary/aromatic N) is 4. The number of unbranched alkanes of at least 4 members (excludes halogenated alkanes) is 4. The SMILES string of the molecule is Cc1n(CCCCCCC#N)cc[n+]1CCC#N. The van der Waals surface area contributed by atoms with Crippen LogP contribution in [0.2, 0.25) is 0 Å². The predicted molar refractivity (Wildman–Crippen MR) is 68.3 cm³/mol. The van der Waals surface area contributed by atoms with Gasteiger partial charge >= 0.3 is 0 Å². The van der Waals surface area contributed by atoms with E-state index in [1.807, 2.05) is 6.20 Å². The van der Waals surface area contributed by atoms with Gasteiger partial charge in [0.25, 0.3) is 5.82 Å². The first-order valence-electron chi connectivity index (χ1n) is 6.58. The lowest BCUT2D eigenvalue weighted by atomic mass is 10.1. The molecule has 0 N–H and O–H groups in total. The molecule has 0 saturated carbocycles. The molecule has 0 amide bonds. The van der Waals surface area contributed by atoms with Gasteiger partial charge < -0.3 is 0 Å². The lowest BCUT2D eigenvalue weighted by molar-refractivity contribution is -0.701. The zero-order valence-electron chi connectivity index (χ0n) is 11.1. The molecule has 0 aromatic carbocycles. The number of nitriles is 2. The Morgan fingerprint density at radius 1 is 1.11 bits per heavy atom. The maximum absolute atomic E-state index is 8.58. The number of hydrogen-bond acceptors (Lipinski definition) is 2. The highest BCUT2D eigenvalue weighted by atomic mass is 15.1. The van der Waals surface area contributed by atoms with Crippen LogP contribution in [0, 0.1) is 29.6 Å². The van der Waals surface area contributed by atoms with Crippen LogP contribution < -0.4 is 4.57 Å². The van der Waals surface area contributed by atoms with Crippen LogP contribution in [-0.2, 0) is 13.1 Å². The summed E-state index contributed by atoms with van der Waals surface area (Å²) in [4.78, 5) is 0. The second-order valence-corrected chi connectivity index (χ2v) is 4.46. The Labute approximate surface area is 109 Å². The van der Waals surface area contributed by atoms with E-state index in [9.17, 15) is 0 Å². The summed E-state index contributed by atoms with van der Waals surface area (Å²) < 4.78 is 4.36. The molecule has 4 nitrogen and oxygen atoms in total. The van der Waals surface area contributed by atoms with E-state index in [0.29, 0.717) is 12.8 Å². The van der Waals surface area contributed by atoms with Gasteiger partial charge in [0.05, 0.1) is 25.1 Å². The van der Waals surface area contributed by atoms with Gasteiger partial charge in [-0.3, -0.25) is 0 Å². The average molecular weight is 245 g/mol. The van der Waals surface area contributed by atoms with E-state index >= 15 is 0 Å². The van der Waals surface area contributed by atoms with Crippen molar-refractivity contribution in [2.75, 3.05) is 0 Å². The molecule has 1 aromatic heterocycles. The summed E-state index contributed by atoms with van der Waals surface area (Å²) in [5, 5.41) is 17.0. The second kappa shape index (κ2) is 8.31. The van der Waals surface area contributed by atoms with E-state index < -0.39 is 0 Å². The first kappa shape index (κ1) is 14.3. The Bertz CT molecular complexity index is 434. The first-order valence-corrected chi connectivity index (χ1v) is 6.58. The maximum Gasteiger partial charge on any atom is 0.253 e. The lowest BCUT2D eigenvalue weighted by Crippen LogP contribution is -2.35. The number of imidazole rings is 1. The summed E-state index contributed by atoms with van der Waals surface area (Å²) in [6.07, 6.45) is 9.85. The normalized spacial score (nSPS) is 9.94. The van der Waals surface area contributed by atoms with Crippen molar-refractivity contribution < 1.29 is 4.57 Å². The summed E-state index contributed by atoms with van der Waals surface area (Å²) in [6, 6.07) is 4.34. The minimum atomic E-state index is 0.559. The molecule has 0 aliphatic carbocycles. The van der Waals surface area contributed by atoms with Crippen LogP contribution in [0.4, 0.5) is 0 Å². The fraction of sp³-hybridized carbons (Fsp3) is 0.643. The molecule has 18 heavy (non-hydrogen) atoms. The molecular formula is C14H21N4+. The minimum Gasteiger partial charge on any atom is -0.234 e. The smallest absolute Gasteiger partial charge is 0.234 e. The van der Waals surface area contributed by atoms with Gasteiger partial charge in [-0.2, -0.15) is 10.5 Å². The zero-order chi connectivity index (χ0) is 13.2. The molecule has 0 aliphatic rings. The quantitative estimate of drug-likeness (QED) is 0.522. The van der Waals surface area contributed by atoms with Crippen LogP contribution in [0.5, 0.6) is 0 Å². The molecule has 0 saturated heterocycles. The van der Waals surface area contributed by atoms with Crippen molar-refractivity contribution in [1.29, 1.82) is 10.5 Å². The molecule has 96 valence electrons. The Morgan fingerprint density at radius 3 is 2.56 bits per heavy atom. The van der Waals surface area contributed by atoms with E-state index in [-0.39, 0.29) is 0 Å². The molecule has 0 atom stereocenters. The van der Waals surface area contributed by atoms with Crippen LogP contribution in [-0.4, -0.2) is 4.57 Å². The van der Waals surface area contributed by atoms with Gasteiger partial charge in [-0.25, -0.2) is 9.13 Å². The van der Waals surface area contributed by atoms with Crippen molar-refractivity contribution in [1.82, 2.24) is 4.57 Å². The van der Waals surface area contributed by atoms with Crippen LogP contribution in [0.1, 0.15) is 44.3 Å². The largest absolute Gasteiger partial charge is 0.253 e. The van der Waals surface area contributed by atoms with Crippen LogP contribution >= 0.6 is 0 Å². The van der Waals surface area contributed by atoms with Gasteiger partial charge in [-0.1, -0.05) is 6.42 Å². The third kappa shape index (κ3) is 4.59. The molecule has 1 aromatic rings. The summed E-state index contributed by atoms with van der Waals surface area (Å²) in [7, 11) is 0. The van der Waals surface area contributed by atoms with E-state index in [0.717, 1.165) is 32.4 Å². The maximum atomic E-state index is 8.58. The number of aryl methyl sites for hydroxylation is 2. The molecule has 0 spiro atoms. The van der Waals surface area contributed by atoms with Gasteiger partial charge in [0.2, 0.25) is 0 Å². The van der Waals surface area contributed by atoms with E-state index in [1.54, 1.807) is 0 Å². The second-order valence-electron chi connectivity index (χ2n) is 4.46. The average Bonchev–Trinajstić information content (AvgIpc) is 2.72. The Kier molecular flexibility index (Phi) is 6.58. The van der Waals surface area contributed by atoms with E-state index in [1.165, 1.54) is 12.2 Å². The Balaban J connectivity index is 2.28. The summed E-state index contributed by atoms with van der Waals surface area (Å²) >= 11 is 0. The van der Waals surface area contributed by atoms with Crippen LogP contribution in [0.25, 0.3) is 0 Å². The van der Waals surface area contributed by atoms with Crippen molar-refractivity contribution >= 4 is 0 Å². The summed E-state index contributed by atoms with van der Waals surface area (Å²) in [6.45, 7) is 3.89. The van der Waals surface area contributed by atoms with Crippen molar-refractivity contribution in [3.63, 3.8) is 0 Å². The van der Waals surface area contributed by atoms with Gasteiger partial charge in [-0.15, -0.1) is 0 Å². The summed E-state index contributed by atoms with van der Waals surface area (Å²) in [5.41, 5.74) is 0. The van der Waals surface area contributed by atoms with Crippen molar-refractivity contribution in [2.45, 2.75) is 58.5 Å². The molecule has 1 heterocycles. The molecule has 0 aliphatic heterocycles.